The van der Waals surface area contributed by atoms with Crippen molar-refractivity contribution in [2.24, 2.45) is 0 Å². The molecule has 0 aromatic carbocycles. The van der Waals surface area contributed by atoms with E-state index in [9.17, 15) is 0 Å². The number of methoxy groups -OCH3 is 1. The van der Waals surface area contributed by atoms with Crippen molar-refractivity contribution >= 4 is 0 Å². The van der Waals surface area contributed by atoms with Crippen LogP contribution >= 0.6 is 0 Å². The Morgan fingerprint density at radius 3 is 3.15 bits per heavy atom. The summed E-state index contributed by atoms with van der Waals surface area (Å²) in [6.07, 6.45) is 5.65. The fourth-order valence-corrected chi connectivity index (χ4v) is 1.96. The van der Waals surface area contributed by atoms with Gasteiger partial charge in [-0.25, -0.2) is 0 Å². The minimum Gasteiger partial charge on any atom is -0.377 e. The maximum absolute atomic E-state index is 5.43. The van der Waals surface area contributed by atoms with E-state index in [0.29, 0.717) is 0 Å². The van der Waals surface area contributed by atoms with Gasteiger partial charge in [-0.05, 0) is 31.7 Å². The van der Waals surface area contributed by atoms with Crippen molar-refractivity contribution < 1.29 is 4.74 Å². The second-order valence-electron chi connectivity index (χ2n) is 3.67. The highest BCUT2D eigenvalue weighted by atomic mass is 16.5. The molecule has 0 radical (unpaired) electrons. The van der Waals surface area contributed by atoms with Gasteiger partial charge in [0.1, 0.15) is 0 Å². The topological polar surface area (TPSA) is 22.1 Å². The van der Waals surface area contributed by atoms with Crippen LogP contribution in [0.25, 0.3) is 0 Å². The number of aryl methyl sites for hydroxylation is 2. The second-order valence-corrected chi connectivity index (χ2v) is 3.67. The molecular weight excluding hydrogens is 162 g/mol. The minimum absolute atomic E-state index is 0.274. The van der Waals surface area contributed by atoms with E-state index < -0.39 is 0 Å². The van der Waals surface area contributed by atoms with Crippen LogP contribution in [-0.2, 0) is 11.2 Å². The first-order valence-electron chi connectivity index (χ1n) is 4.79. The van der Waals surface area contributed by atoms with Crippen molar-refractivity contribution in [1.82, 2.24) is 4.98 Å². The Balaban J connectivity index is 2.41. The third kappa shape index (κ3) is 1.59. The fraction of sp³-hybridized carbons (Fsp3) is 0.545. The number of pyridine rings is 1. The molecule has 0 spiro atoms. The molecule has 70 valence electrons. The zero-order valence-electron chi connectivity index (χ0n) is 8.21. The molecule has 0 aliphatic heterocycles. The normalized spacial score (nSPS) is 21.2. The zero-order chi connectivity index (χ0) is 9.26. The van der Waals surface area contributed by atoms with Gasteiger partial charge in [-0.3, -0.25) is 4.98 Å². The largest absolute Gasteiger partial charge is 0.377 e. The number of aromatic nitrogens is 1. The monoisotopic (exact) mass is 177 g/mol. The van der Waals surface area contributed by atoms with Crippen molar-refractivity contribution in [3.63, 3.8) is 0 Å². The van der Waals surface area contributed by atoms with E-state index in [1.54, 1.807) is 7.11 Å². The van der Waals surface area contributed by atoms with Crippen molar-refractivity contribution in [2.45, 2.75) is 32.3 Å². The molecule has 0 N–H and O–H groups in total. The summed E-state index contributed by atoms with van der Waals surface area (Å²) in [7, 11) is 1.78. The van der Waals surface area contributed by atoms with Gasteiger partial charge in [-0.15, -0.1) is 0 Å². The van der Waals surface area contributed by atoms with Crippen LogP contribution in [0.15, 0.2) is 12.3 Å². The predicted molar refractivity (Wildman–Crippen MR) is 51.7 cm³/mol. The highest BCUT2D eigenvalue weighted by Gasteiger charge is 2.20. The first-order valence-corrected chi connectivity index (χ1v) is 4.79. The van der Waals surface area contributed by atoms with E-state index in [4.69, 9.17) is 4.74 Å². The molecule has 0 saturated carbocycles. The SMILES string of the molecule is COC1CCCc2ncc(C)cc21. The number of nitrogens with zero attached hydrogens (tertiary/aromatic N) is 1. The lowest BCUT2D eigenvalue weighted by atomic mass is 9.92. The van der Waals surface area contributed by atoms with Gasteiger partial charge >= 0.3 is 0 Å². The maximum Gasteiger partial charge on any atom is 0.0838 e. The molecule has 1 aromatic rings. The predicted octanol–water partition coefficient (Wildman–Crippen LogP) is 2.41. The average Bonchev–Trinajstić information content (AvgIpc) is 2.17. The van der Waals surface area contributed by atoms with Crippen LogP contribution in [0, 0.1) is 6.92 Å². The first kappa shape index (κ1) is 8.70. The number of fused-ring (bicyclic) bond motifs is 1. The highest BCUT2D eigenvalue weighted by molar-refractivity contribution is 5.28. The summed E-state index contributed by atoms with van der Waals surface area (Å²) in [5.41, 5.74) is 3.75. The van der Waals surface area contributed by atoms with Crippen LogP contribution in [0.4, 0.5) is 0 Å². The number of ether oxygens (including phenoxy) is 1. The van der Waals surface area contributed by atoms with Crippen LogP contribution in [-0.4, -0.2) is 12.1 Å². The van der Waals surface area contributed by atoms with E-state index in [2.05, 4.69) is 18.0 Å². The summed E-state index contributed by atoms with van der Waals surface area (Å²) in [6.45, 7) is 2.08. The molecule has 1 aromatic heterocycles. The molecule has 2 heteroatoms. The molecule has 13 heavy (non-hydrogen) atoms. The molecule has 1 heterocycles. The van der Waals surface area contributed by atoms with Gasteiger partial charge in [-0.2, -0.15) is 0 Å². The molecule has 1 aliphatic carbocycles. The Kier molecular flexibility index (Phi) is 2.32. The molecule has 2 rings (SSSR count). The summed E-state index contributed by atoms with van der Waals surface area (Å²) in [5, 5.41) is 0. The van der Waals surface area contributed by atoms with Crippen molar-refractivity contribution in [2.75, 3.05) is 7.11 Å². The van der Waals surface area contributed by atoms with E-state index in [1.165, 1.54) is 23.2 Å². The quantitative estimate of drug-likeness (QED) is 0.657. The van der Waals surface area contributed by atoms with E-state index in [0.717, 1.165) is 12.8 Å². The van der Waals surface area contributed by atoms with Crippen LogP contribution in [0.1, 0.15) is 35.8 Å². The number of hydrogen-bond acceptors (Lipinski definition) is 2. The summed E-state index contributed by atoms with van der Waals surface area (Å²) in [5.74, 6) is 0. The minimum atomic E-state index is 0.274. The van der Waals surface area contributed by atoms with E-state index in [1.807, 2.05) is 6.20 Å². The number of rotatable bonds is 1. The third-order valence-electron chi connectivity index (χ3n) is 2.65. The Bertz CT molecular complexity index is 309. The standard InChI is InChI=1S/C11H15NO/c1-8-6-9-10(12-7-8)4-3-5-11(9)13-2/h6-7,11H,3-5H2,1-2H3. The lowest BCUT2D eigenvalue weighted by Gasteiger charge is -2.23. The maximum atomic E-state index is 5.43. The van der Waals surface area contributed by atoms with Gasteiger partial charge in [-0.1, -0.05) is 6.07 Å². The van der Waals surface area contributed by atoms with Crippen molar-refractivity contribution in [3.8, 4) is 0 Å². The van der Waals surface area contributed by atoms with Gasteiger partial charge in [0.15, 0.2) is 0 Å². The van der Waals surface area contributed by atoms with Crippen molar-refractivity contribution in [3.05, 3.63) is 29.1 Å². The molecule has 0 amide bonds. The van der Waals surface area contributed by atoms with Crippen LogP contribution in [0.2, 0.25) is 0 Å². The summed E-state index contributed by atoms with van der Waals surface area (Å²) < 4.78 is 5.43. The van der Waals surface area contributed by atoms with Crippen LogP contribution in [0.3, 0.4) is 0 Å². The van der Waals surface area contributed by atoms with Crippen LogP contribution < -0.4 is 0 Å². The molecule has 1 atom stereocenters. The first-order chi connectivity index (χ1) is 6.31. The molecule has 0 fully saturated rings. The second kappa shape index (κ2) is 3.46. The molecule has 2 nitrogen and oxygen atoms in total. The van der Waals surface area contributed by atoms with Gasteiger partial charge in [0, 0.05) is 24.6 Å². The zero-order valence-corrected chi connectivity index (χ0v) is 8.21. The lowest BCUT2D eigenvalue weighted by Crippen LogP contribution is -2.13. The Morgan fingerprint density at radius 1 is 1.54 bits per heavy atom. The average molecular weight is 177 g/mol. The molecule has 0 bridgehead atoms. The summed E-state index contributed by atoms with van der Waals surface area (Å²) in [4.78, 5) is 4.44. The molecule has 1 aliphatic rings. The van der Waals surface area contributed by atoms with Gasteiger partial charge in [0.05, 0.1) is 6.10 Å². The smallest absolute Gasteiger partial charge is 0.0838 e. The third-order valence-corrected chi connectivity index (χ3v) is 2.65. The Hall–Kier alpha value is -0.890. The lowest BCUT2D eigenvalue weighted by molar-refractivity contribution is 0.0873. The van der Waals surface area contributed by atoms with E-state index in [-0.39, 0.29) is 6.10 Å². The summed E-state index contributed by atoms with van der Waals surface area (Å²) >= 11 is 0. The van der Waals surface area contributed by atoms with Gasteiger partial charge < -0.3 is 4.74 Å². The van der Waals surface area contributed by atoms with Gasteiger partial charge in [0.2, 0.25) is 0 Å². The number of hydrogen-bond donors (Lipinski definition) is 0. The Morgan fingerprint density at radius 2 is 2.38 bits per heavy atom. The fourth-order valence-electron chi connectivity index (χ4n) is 1.96. The Labute approximate surface area is 78.9 Å². The van der Waals surface area contributed by atoms with Gasteiger partial charge in [0.25, 0.3) is 0 Å². The molecular formula is C11H15NO. The highest BCUT2D eigenvalue weighted by Crippen LogP contribution is 2.30. The van der Waals surface area contributed by atoms with Crippen molar-refractivity contribution in [1.29, 1.82) is 0 Å². The van der Waals surface area contributed by atoms with E-state index >= 15 is 0 Å². The molecule has 1 unspecified atom stereocenters. The summed E-state index contributed by atoms with van der Waals surface area (Å²) in [6, 6.07) is 2.20. The molecule has 0 saturated heterocycles. The van der Waals surface area contributed by atoms with Crippen LogP contribution in [0.5, 0.6) is 0 Å².